The number of aliphatic hydroxyl groups excluding tert-OH is 1. The zero-order valence-electron chi connectivity index (χ0n) is 27.7. The molecule has 4 aromatic heterocycles. The second-order valence-corrected chi connectivity index (χ2v) is 11.9. The molecule has 0 aliphatic carbocycles. The van der Waals surface area contributed by atoms with Gasteiger partial charge in [0.25, 0.3) is 5.91 Å². The van der Waals surface area contributed by atoms with Gasteiger partial charge in [-0.15, -0.1) is 0 Å². The van der Waals surface area contributed by atoms with Gasteiger partial charge in [-0.25, -0.2) is 9.78 Å². The minimum Gasteiger partial charge on any atom is -0.465 e. The minimum absolute atomic E-state index is 0.0396. The first-order valence-electron chi connectivity index (χ1n) is 15.9. The molecule has 0 fully saturated rings. The van der Waals surface area contributed by atoms with Crippen molar-refractivity contribution in [2.75, 3.05) is 25.6 Å². The monoisotopic (exact) mass is 701 g/mol. The molecule has 0 saturated carbocycles. The smallest absolute Gasteiger partial charge is 0.339 e. The summed E-state index contributed by atoms with van der Waals surface area (Å²) in [5.41, 5.74) is 6.87. The predicted molar refractivity (Wildman–Crippen MR) is 193 cm³/mol. The molecule has 0 bridgehead atoms. The highest BCUT2D eigenvalue weighted by Crippen LogP contribution is 2.33. The fourth-order valence-corrected chi connectivity index (χ4v) is 5.76. The maximum atomic E-state index is 13.1. The number of methoxy groups -OCH3 is 1. The lowest BCUT2D eigenvalue weighted by Crippen LogP contribution is -2.18. The SMILES string of the molecule is COC(=O)c1ccn(Cc2nc3cc(/C=C/c4nccc(-c5cccc(NC(=O)c6ccc(CNCCO)cn6)c5C)c4C#N)cc(Cl)c3o2)c1. The third-order valence-electron chi connectivity index (χ3n) is 8.07. The highest BCUT2D eigenvalue weighted by molar-refractivity contribution is 6.34. The number of rotatable bonds is 12. The Kier molecular flexibility index (Phi) is 10.6. The molecular formula is C38H32ClN7O5. The molecule has 12 nitrogen and oxygen atoms in total. The van der Waals surface area contributed by atoms with Crippen molar-refractivity contribution >= 4 is 52.4 Å². The number of aromatic nitrogens is 4. The van der Waals surface area contributed by atoms with Crippen molar-refractivity contribution < 1.29 is 23.8 Å². The molecule has 0 aliphatic heterocycles. The van der Waals surface area contributed by atoms with Gasteiger partial charge in [0.15, 0.2) is 5.58 Å². The lowest BCUT2D eigenvalue weighted by molar-refractivity contribution is 0.0600. The number of aliphatic hydroxyl groups is 1. The van der Waals surface area contributed by atoms with Crippen LogP contribution in [0, 0.1) is 18.3 Å². The van der Waals surface area contributed by atoms with E-state index in [1.807, 2.05) is 31.2 Å². The fourth-order valence-electron chi connectivity index (χ4n) is 5.50. The molecule has 51 heavy (non-hydrogen) atoms. The van der Waals surface area contributed by atoms with Crippen LogP contribution in [0.15, 0.2) is 83.8 Å². The van der Waals surface area contributed by atoms with Crippen LogP contribution in [0.3, 0.4) is 0 Å². The molecule has 13 heteroatoms. The summed E-state index contributed by atoms with van der Waals surface area (Å²) in [6.45, 7) is 3.20. The number of hydrogen-bond donors (Lipinski definition) is 3. The lowest BCUT2D eigenvalue weighted by Gasteiger charge is -2.14. The summed E-state index contributed by atoms with van der Waals surface area (Å²) in [6, 6.07) is 18.3. The Morgan fingerprint density at radius 2 is 1.98 bits per heavy atom. The number of nitrogens with zero attached hydrogens (tertiary/aromatic N) is 5. The summed E-state index contributed by atoms with van der Waals surface area (Å²) in [4.78, 5) is 38.2. The molecule has 6 rings (SSSR count). The highest BCUT2D eigenvalue weighted by atomic mass is 35.5. The highest BCUT2D eigenvalue weighted by Gasteiger charge is 2.17. The molecular weight excluding hydrogens is 670 g/mol. The van der Waals surface area contributed by atoms with E-state index in [1.54, 1.807) is 71.8 Å². The number of pyridine rings is 2. The maximum absolute atomic E-state index is 13.1. The van der Waals surface area contributed by atoms with Crippen LogP contribution in [0.1, 0.15) is 54.7 Å². The van der Waals surface area contributed by atoms with Crippen LogP contribution >= 0.6 is 11.6 Å². The molecule has 0 spiro atoms. The Balaban J connectivity index is 1.21. The quantitative estimate of drug-likeness (QED) is 0.0978. The third kappa shape index (κ3) is 7.87. The van der Waals surface area contributed by atoms with Gasteiger partial charge in [0.2, 0.25) is 5.89 Å². The summed E-state index contributed by atoms with van der Waals surface area (Å²) < 4.78 is 12.4. The van der Waals surface area contributed by atoms with Gasteiger partial charge in [-0.2, -0.15) is 5.26 Å². The van der Waals surface area contributed by atoms with E-state index in [0.717, 1.165) is 22.3 Å². The molecule has 0 aliphatic rings. The van der Waals surface area contributed by atoms with E-state index >= 15 is 0 Å². The molecule has 3 N–H and O–H groups in total. The van der Waals surface area contributed by atoms with Gasteiger partial charge in [0.1, 0.15) is 17.3 Å². The van der Waals surface area contributed by atoms with Gasteiger partial charge in [-0.3, -0.25) is 14.8 Å². The molecule has 0 saturated heterocycles. The number of esters is 1. The molecule has 6 aromatic rings. The van der Waals surface area contributed by atoms with E-state index in [4.69, 9.17) is 25.9 Å². The summed E-state index contributed by atoms with van der Waals surface area (Å²) in [5, 5.41) is 25.6. The van der Waals surface area contributed by atoms with Crippen LogP contribution < -0.4 is 10.6 Å². The number of carbonyl (C=O) groups excluding carboxylic acids is 2. The Hall–Kier alpha value is -6.13. The Labute approximate surface area is 298 Å². The molecule has 0 unspecified atom stereocenters. The lowest BCUT2D eigenvalue weighted by atomic mass is 9.94. The van der Waals surface area contributed by atoms with E-state index in [2.05, 4.69) is 31.7 Å². The van der Waals surface area contributed by atoms with Crippen LogP contribution in [0.4, 0.5) is 5.69 Å². The summed E-state index contributed by atoms with van der Waals surface area (Å²) in [7, 11) is 1.33. The zero-order chi connectivity index (χ0) is 35.9. The van der Waals surface area contributed by atoms with Crippen LogP contribution in [-0.2, 0) is 17.8 Å². The third-order valence-corrected chi connectivity index (χ3v) is 8.35. The van der Waals surface area contributed by atoms with E-state index in [-0.39, 0.29) is 24.8 Å². The van der Waals surface area contributed by atoms with Gasteiger partial charge in [0.05, 0.1) is 42.1 Å². The van der Waals surface area contributed by atoms with Crippen molar-refractivity contribution in [1.82, 2.24) is 24.8 Å². The Morgan fingerprint density at radius 3 is 2.75 bits per heavy atom. The van der Waals surface area contributed by atoms with Crippen LogP contribution in [0.2, 0.25) is 5.02 Å². The largest absolute Gasteiger partial charge is 0.465 e. The number of amides is 1. The van der Waals surface area contributed by atoms with Gasteiger partial charge < -0.3 is 29.5 Å². The minimum atomic E-state index is -0.432. The predicted octanol–water partition coefficient (Wildman–Crippen LogP) is 6.26. The van der Waals surface area contributed by atoms with E-state index in [0.29, 0.717) is 63.2 Å². The first kappa shape index (κ1) is 34.7. The number of fused-ring (bicyclic) bond motifs is 1. The maximum Gasteiger partial charge on any atom is 0.339 e. The molecule has 1 amide bonds. The number of nitriles is 1. The fraction of sp³-hybridized carbons (Fsp3) is 0.158. The number of carbonyl (C=O) groups is 2. The average Bonchev–Trinajstić information content (AvgIpc) is 3.79. The molecule has 0 radical (unpaired) electrons. The number of halogens is 1. The van der Waals surface area contributed by atoms with Gasteiger partial charge in [-0.1, -0.05) is 35.9 Å². The van der Waals surface area contributed by atoms with Crippen molar-refractivity contribution in [3.05, 3.63) is 130 Å². The number of ether oxygens (including phenoxy) is 1. The normalized spacial score (nSPS) is 11.2. The number of anilines is 1. The number of benzene rings is 2. The summed E-state index contributed by atoms with van der Waals surface area (Å²) >= 11 is 6.58. The number of nitrogens with one attached hydrogen (secondary N) is 2. The number of hydrogen-bond acceptors (Lipinski definition) is 10. The Bertz CT molecular complexity index is 2300. The Morgan fingerprint density at radius 1 is 1.12 bits per heavy atom. The second kappa shape index (κ2) is 15.6. The second-order valence-electron chi connectivity index (χ2n) is 11.5. The van der Waals surface area contributed by atoms with Gasteiger partial charge >= 0.3 is 5.97 Å². The molecule has 256 valence electrons. The van der Waals surface area contributed by atoms with E-state index in [1.165, 1.54) is 7.11 Å². The van der Waals surface area contributed by atoms with Crippen molar-refractivity contribution in [2.24, 2.45) is 0 Å². The first-order valence-corrected chi connectivity index (χ1v) is 16.2. The summed E-state index contributed by atoms with van der Waals surface area (Å²) in [6.07, 6.45) is 10.2. The van der Waals surface area contributed by atoms with E-state index in [9.17, 15) is 14.9 Å². The molecule has 2 aromatic carbocycles. The first-order chi connectivity index (χ1) is 24.8. The summed E-state index contributed by atoms with van der Waals surface area (Å²) in [5.74, 6) is -0.387. The van der Waals surface area contributed by atoms with Crippen LogP contribution in [0.5, 0.6) is 0 Å². The van der Waals surface area contributed by atoms with Crippen LogP contribution in [-0.4, -0.2) is 56.8 Å². The van der Waals surface area contributed by atoms with Crippen LogP contribution in [0.25, 0.3) is 34.4 Å². The zero-order valence-corrected chi connectivity index (χ0v) is 28.4. The number of oxazole rings is 1. The van der Waals surface area contributed by atoms with Crippen molar-refractivity contribution in [3.8, 4) is 17.2 Å². The van der Waals surface area contributed by atoms with Crippen molar-refractivity contribution in [2.45, 2.75) is 20.0 Å². The van der Waals surface area contributed by atoms with Gasteiger partial charge in [-0.05, 0) is 71.7 Å². The topological polar surface area (TPSA) is 168 Å². The molecule has 4 heterocycles. The van der Waals surface area contributed by atoms with Crippen molar-refractivity contribution in [1.29, 1.82) is 5.26 Å². The van der Waals surface area contributed by atoms with E-state index < -0.39 is 5.97 Å². The van der Waals surface area contributed by atoms with Crippen molar-refractivity contribution in [3.63, 3.8) is 0 Å². The average molecular weight is 702 g/mol. The standard InChI is InChI=1S/C38H32ClN7O5/c1-23-27(4-3-5-31(23)45-37(48)33-9-7-25(20-43-33)19-41-13-15-47)28-10-12-42-32(29(28)18-40)8-6-24-16-30(39)36-34(17-24)44-35(51-36)22-46-14-11-26(21-46)38(49)50-2/h3-12,14,16-17,20-21,41,47H,13,15,19,22H2,1-2H3,(H,45,48)/b8-6+. The molecule has 0 atom stereocenters. The van der Waals surface area contributed by atoms with Gasteiger partial charge in [0, 0.05) is 49.1 Å².